The van der Waals surface area contributed by atoms with E-state index in [9.17, 15) is 36.8 Å². The number of benzene rings is 4. The Hall–Kier alpha value is -5.48. The maximum atomic E-state index is 14.5. The third-order valence-corrected chi connectivity index (χ3v) is 8.48. The number of aromatic amines is 1. The maximum absolute atomic E-state index is 14.5. The second kappa shape index (κ2) is 10.6. The SMILES string of the molecule is N#Cc1c(-c2cc(NC(=O)c3cc(F)cc(C(F)(F)F)c3)c3c4c2CCN4C(=O)NC3c2cc(F)ccc2Cl)ccc2[nH]ncc12. The lowest BCUT2D eigenvalue weighted by Crippen LogP contribution is -2.46. The molecule has 8 nitrogen and oxygen atoms in total. The van der Waals surface area contributed by atoms with Crippen LogP contribution in [0.3, 0.4) is 0 Å². The summed E-state index contributed by atoms with van der Waals surface area (Å²) in [5.74, 6) is -3.00. The van der Waals surface area contributed by atoms with Gasteiger partial charge in [-0.25, -0.2) is 13.6 Å². The molecule has 0 fully saturated rings. The smallest absolute Gasteiger partial charge is 0.327 e. The molecule has 2 aliphatic rings. The number of carbonyl (C=O) groups excluding carboxylic acids is 2. The highest BCUT2D eigenvalue weighted by Crippen LogP contribution is 2.50. The van der Waals surface area contributed by atoms with E-state index in [0.717, 1.165) is 12.1 Å². The molecule has 3 N–H and O–H groups in total. The van der Waals surface area contributed by atoms with Gasteiger partial charge in [-0.1, -0.05) is 17.7 Å². The number of nitrogens with one attached hydrogen (secondary N) is 3. The van der Waals surface area contributed by atoms with Gasteiger partial charge in [-0.05, 0) is 66.1 Å². The van der Waals surface area contributed by atoms with Crippen LogP contribution in [-0.4, -0.2) is 28.7 Å². The molecule has 14 heteroatoms. The molecule has 3 amide bonds. The number of carbonyl (C=O) groups is 2. The fraction of sp³-hybridized carbons (Fsp3) is 0.125. The van der Waals surface area contributed by atoms with Gasteiger partial charge in [0.2, 0.25) is 0 Å². The van der Waals surface area contributed by atoms with Gasteiger partial charge in [0.25, 0.3) is 5.91 Å². The first-order valence-corrected chi connectivity index (χ1v) is 14.1. The predicted octanol–water partition coefficient (Wildman–Crippen LogP) is 7.48. The Kier molecular flexibility index (Phi) is 6.71. The summed E-state index contributed by atoms with van der Waals surface area (Å²) in [4.78, 5) is 28.4. The second-order valence-electron chi connectivity index (χ2n) is 10.8. The second-order valence-corrected chi connectivity index (χ2v) is 11.2. The van der Waals surface area contributed by atoms with Gasteiger partial charge >= 0.3 is 12.2 Å². The van der Waals surface area contributed by atoms with E-state index in [2.05, 4.69) is 26.9 Å². The number of hydrogen-bond acceptors (Lipinski definition) is 4. The Morgan fingerprint density at radius 3 is 2.63 bits per heavy atom. The molecule has 0 radical (unpaired) electrons. The van der Waals surface area contributed by atoms with Crippen molar-refractivity contribution in [2.75, 3.05) is 16.8 Å². The van der Waals surface area contributed by atoms with Gasteiger partial charge in [-0.15, -0.1) is 0 Å². The predicted molar refractivity (Wildman–Crippen MR) is 158 cm³/mol. The zero-order valence-electron chi connectivity index (χ0n) is 23.2. The van der Waals surface area contributed by atoms with Crippen LogP contribution in [0.4, 0.5) is 38.1 Å². The topological polar surface area (TPSA) is 114 Å². The normalized spacial score (nSPS) is 15.5. The quantitative estimate of drug-likeness (QED) is 0.175. The van der Waals surface area contributed by atoms with Crippen LogP contribution >= 0.6 is 11.6 Å². The lowest BCUT2D eigenvalue weighted by Gasteiger charge is -2.35. The number of hydrogen-bond donors (Lipinski definition) is 3. The van der Waals surface area contributed by atoms with Crippen molar-refractivity contribution in [2.45, 2.75) is 18.6 Å². The molecule has 4 aromatic carbocycles. The Bertz CT molecular complexity index is 2170. The zero-order valence-corrected chi connectivity index (χ0v) is 23.9. The monoisotopic (exact) mass is 648 g/mol. The molecule has 0 aliphatic carbocycles. The van der Waals surface area contributed by atoms with E-state index in [0.29, 0.717) is 51.8 Å². The van der Waals surface area contributed by atoms with Crippen molar-refractivity contribution in [2.24, 2.45) is 0 Å². The van der Waals surface area contributed by atoms with Crippen LogP contribution in [0.2, 0.25) is 5.02 Å². The van der Waals surface area contributed by atoms with Crippen molar-refractivity contribution in [3.63, 3.8) is 0 Å². The highest BCUT2D eigenvalue weighted by atomic mass is 35.5. The summed E-state index contributed by atoms with van der Waals surface area (Å²) in [5, 5.41) is 23.0. The van der Waals surface area contributed by atoms with Crippen molar-refractivity contribution < 1.29 is 31.5 Å². The van der Waals surface area contributed by atoms with Crippen LogP contribution in [0.25, 0.3) is 22.0 Å². The third-order valence-electron chi connectivity index (χ3n) is 8.13. The summed E-state index contributed by atoms with van der Waals surface area (Å²) in [6.45, 7) is 0.219. The van der Waals surface area contributed by atoms with Crippen LogP contribution in [0, 0.1) is 23.0 Å². The Balaban J connectivity index is 1.48. The molecule has 1 atom stereocenters. The molecule has 0 spiro atoms. The van der Waals surface area contributed by atoms with Gasteiger partial charge in [-0.3, -0.25) is 14.8 Å². The first kappa shape index (κ1) is 29.2. The molecular weight excluding hydrogens is 631 g/mol. The molecule has 0 bridgehead atoms. The van der Waals surface area contributed by atoms with Crippen LogP contribution in [0.5, 0.6) is 0 Å². The number of aromatic nitrogens is 2. The minimum absolute atomic E-state index is 0.0185. The van der Waals surface area contributed by atoms with E-state index in [1.165, 1.54) is 17.2 Å². The van der Waals surface area contributed by atoms with Gasteiger partial charge in [0, 0.05) is 44.9 Å². The van der Waals surface area contributed by atoms with E-state index in [4.69, 9.17) is 11.6 Å². The molecule has 3 heterocycles. The van der Waals surface area contributed by atoms with Gasteiger partial charge in [0.1, 0.15) is 17.7 Å². The summed E-state index contributed by atoms with van der Waals surface area (Å²) >= 11 is 6.47. The Morgan fingerprint density at radius 1 is 1.07 bits per heavy atom. The molecule has 0 saturated carbocycles. The Labute approximate surface area is 261 Å². The number of amides is 3. The molecule has 1 unspecified atom stereocenters. The molecule has 0 saturated heterocycles. The first-order valence-electron chi connectivity index (χ1n) is 13.7. The lowest BCUT2D eigenvalue weighted by atomic mass is 9.86. The molecule has 7 rings (SSSR count). The molecule has 46 heavy (non-hydrogen) atoms. The molecule has 2 aliphatic heterocycles. The maximum Gasteiger partial charge on any atom is 0.416 e. The molecule has 1 aromatic heterocycles. The Morgan fingerprint density at radius 2 is 1.87 bits per heavy atom. The summed E-state index contributed by atoms with van der Waals surface area (Å²) < 4.78 is 69.2. The van der Waals surface area contributed by atoms with Crippen molar-refractivity contribution in [3.8, 4) is 17.2 Å². The lowest BCUT2D eigenvalue weighted by molar-refractivity contribution is -0.137. The summed E-state index contributed by atoms with van der Waals surface area (Å²) in [7, 11) is 0. The van der Waals surface area contributed by atoms with E-state index >= 15 is 0 Å². The average Bonchev–Trinajstić information content (AvgIpc) is 3.68. The van der Waals surface area contributed by atoms with Crippen molar-refractivity contribution in [1.29, 1.82) is 5.26 Å². The van der Waals surface area contributed by atoms with E-state index in [1.54, 1.807) is 18.2 Å². The van der Waals surface area contributed by atoms with Crippen molar-refractivity contribution in [3.05, 3.63) is 111 Å². The van der Waals surface area contributed by atoms with Gasteiger partial charge in [0.15, 0.2) is 0 Å². The average molecular weight is 649 g/mol. The molecule has 230 valence electrons. The number of fused-ring (bicyclic) bond motifs is 1. The standard InChI is InChI=1S/C32H18ClF5N6O2/c33-24-3-1-16(34)10-21(24)28-27-26(41-30(45)14-7-15(32(36,37)38)9-17(35)8-14)11-20(19-5-6-44(29(19)27)31(46)42-28)18-2-4-25-23(13-40-43-25)22(18)12-39/h1-4,7-11,13,28H,5-6H2,(H,40,43)(H,41,45)(H,42,46). The van der Waals surface area contributed by atoms with Gasteiger partial charge in [-0.2, -0.15) is 23.5 Å². The van der Waals surface area contributed by atoms with E-state index in [1.807, 2.05) is 0 Å². The number of nitrogens with zero attached hydrogens (tertiary/aromatic N) is 3. The van der Waals surface area contributed by atoms with Crippen molar-refractivity contribution in [1.82, 2.24) is 15.5 Å². The van der Waals surface area contributed by atoms with Crippen LogP contribution in [0.15, 0.2) is 60.8 Å². The third kappa shape index (κ3) is 4.69. The van der Waals surface area contributed by atoms with Crippen LogP contribution < -0.4 is 15.5 Å². The van der Waals surface area contributed by atoms with Crippen LogP contribution in [-0.2, 0) is 12.6 Å². The highest BCUT2D eigenvalue weighted by molar-refractivity contribution is 6.31. The number of urea groups is 1. The molecule has 5 aromatic rings. The van der Waals surface area contributed by atoms with Crippen LogP contribution in [0.1, 0.15) is 44.2 Å². The van der Waals surface area contributed by atoms with Gasteiger partial charge in [0.05, 0.1) is 34.6 Å². The fourth-order valence-electron chi connectivity index (χ4n) is 6.15. The number of H-pyrrole nitrogens is 1. The van der Waals surface area contributed by atoms with E-state index < -0.39 is 46.9 Å². The number of rotatable bonds is 4. The number of halogens is 6. The van der Waals surface area contributed by atoms with Crippen molar-refractivity contribution >= 4 is 45.8 Å². The number of alkyl halides is 3. The van der Waals surface area contributed by atoms with Gasteiger partial charge < -0.3 is 10.6 Å². The zero-order chi connectivity index (χ0) is 32.5. The van der Waals surface area contributed by atoms with E-state index in [-0.39, 0.29) is 40.0 Å². The summed E-state index contributed by atoms with van der Waals surface area (Å²) in [5.41, 5.74) is 1.26. The fourth-order valence-corrected chi connectivity index (χ4v) is 6.37. The minimum atomic E-state index is -4.92. The highest BCUT2D eigenvalue weighted by Gasteiger charge is 2.41. The number of nitriles is 1. The summed E-state index contributed by atoms with van der Waals surface area (Å²) in [6.07, 6.45) is -3.09. The largest absolute Gasteiger partial charge is 0.416 e. The summed E-state index contributed by atoms with van der Waals surface area (Å²) in [6, 6.07) is 10.5. The minimum Gasteiger partial charge on any atom is -0.327 e. The first-order chi connectivity index (χ1) is 21.9. The number of anilines is 2. The molecular formula is C32H18ClF5N6O2.